The summed E-state index contributed by atoms with van der Waals surface area (Å²) in [6.07, 6.45) is 1.52. The van der Waals surface area contributed by atoms with Gasteiger partial charge >= 0.3 is 0 Å². The average molecular weight is 257 g/mol. The number of fused-ring (bicyclic) bond motifs is 1. The maximum Gasteiger partial charge on any atom is 0.235 e. The zero-order valence-electron chi connectivity index (χ0n) is 9.54. The predicted molar refractivity (Wildman–Crippen MR) is 72.6 cm³/mol. The Morgan fingerprint density at radius 3 is 2.78 bits per heavy atom. The molecule has 3 aromatic rings. The first-order chi connectivity index (χ1) is 8.83. The van der Waals surface area contributed by atoms with Crippen molar-refractivity contribution in [3.63, 3.8) is 0 Å². The van der Waals surface area contributed by atoms with Crippen molar-refractivity contribution >= 4 is 27.2 Å². The number of anilines is 1. The summed E-state index contributed by atoms with van der Waals surface area (Å²) in [5.41, 5.74) is 8.37. The molecule has 90 valence electrons. The normalized spacial score (nSPS) is 10.7. The van der Waals surface area contributed by atoms with E-state index in [1.165, 1.54) is 6.33 Å². The van der Waals surface area contributed by atoms with Gasteiger partial charge < -0.3 is 10.5 Å². The number of hydrogen-bond donors (Lipinski definition) is 1. The van der Waals surface area contributed by atoms with Gasteiger partial charge in [0.25, 0.3) is 0 Å². The van der Waals surface area contributed by atoms with E-state index in [1.807, 2.05) is 35.7 Å². The lowest BCUT2D eigenvalue weighted by Gasteiger charge is -2.06. The third kappa shape index (κ3) is 2.12. The van der Waals surface area contributed by atoms with Crippen LogP contribution in [0.4, 0.5) is 5.69 Å². The number of benzene rings is 1. The van der Waals surface area contributed by atoms with Gasteiger partial charge in [-0.3, -0.25) is 0 Å². The van der Waals surface area contributed by atoms with Crippen molar-refractivity contribution < 1.29 is 4.74 Å². The number of ether oxygens (including phenoxy) is 1. The molecule has 0 aliphatic carbocycles. The summed E-state index contributed by atoms with van der Waals surface area (Å²) in [5, 5.41) is 1.98. The molecule has 0 saturated carbocycles. The lowest BCUT2D eigenvalue weighted by molar-refractivity contribution is 0.298. The van der Waals surface area contributed by atoms with Gasteiger partial charge in [-0.25, -0.2) is 9.97 Å². The molecule has 2 aromatic heterocycles. The molecule has 2 N–H and O–H groups in total. The molecular weight excluding hydrogens is 246 g/mol. The van der Waals surface area contributed by atoms with Crippen LogP contribution in [0.3, 0.4) is 0 Å². The first kappa shape index (κ1) is 11.0. The van der Waals surface area contributed by atoms with Crippen molar-refractivity contribution in [2.75, 3.05) is 5.73 Å². The quantitative estimate of drug-likeness (QED) is 0.733. The first-order valence-electron chi connectivity index (χ1n) is 5.48. The van der Waals surface area contributed by atoms with E-state index < -0.39 is 0 Å². The van der Waals surface area contributed by atoms with Gasteiger partial charge in [-0.1, -0.05) is 12.1 Å². The van der Waals surface area contributed by atoms with Crippen LogP contribution in [-0.4, -0.2) is 9.97 Å². The molecule has 3 rings (SSSR count). The standard InChI is InChI=1S/C13H11N3OS/c14-10-3-1-9(2-4-10)7-17-13-12-11(5-6-18-12)15-8-16-13/h1-6,8H,7,14H2. The molecule has 0 amide bonds. The fourth-order valence-corrected chi connectivity index (χ4v) is 2.42. The van der Waals surface area contributed by atoms with Crippen molar-refractivity contribution in [3.8, 4) is 5.88 Å². The Bertz CT molecular complexity index is 663. The summed E-state index contributed by atoms with van der Waals surface area (Å²) in [6, 6.07) is 9.57. The largest absolute Gasteiger partial charge is 0.472 e. The summed E-state index contributed by atoms with van der Waals surface area (Å²) in [5.74, 6) is 0.631. The minimum Gasteiger partial charge on any atom is -0.472 e. The summed E-state index contributed by atoms with van der Waals surface area (Å²) < 4.78 is 6.70. The van der Waals surface area contributed by atoms with Crippen LogP contribution in [0.5, 0.6) is 5.88 Å². The molecule has 0 saturated heterocycles. The highest BCUT2D eigenvalue weighted by atomic mass is 32.1. The Hall–Kier alpha value is -2.14. The second-order valence-corrected chi connectivity index (χ2v) is 4.76. The Morgan fingerprint density at radius 1 is 1.11 bits per heavy atom. The molecule has 4 nitrogen and oxygen atoms in total. The molecule has 2 heterocycles. The van der Waals surface area contributed by atoms with E-state index in [0.29, 0.717) is 12.5 Å². The summed E-state index contributed by atoms with van der Waals surface area (Å²) in [6.45, 7) is 0.476. The van der Waals surface area contributed by atoms with E-state index in [-0.39, 0.29) is 0 Å². The van der Waals surface area contributed by atoms with Crippen LogP contribution in [0, 0.1) is 0 Å². The van der Waals surface area contributed by atoms with Gasteiger partial charge in [-0.05, 0) is 29.1 Å². The van der Waals surface area contributed by atoms with Gasteiger partial charge in [0.1, 0.15) is 17.6 Å². The summed E-state index contributed by atoms with van der Waals surface area (Å²) >= 11 is 1.58. The van der Waals surface area contributed by atoms with Crippen LogP contribution in [0.15, 0.2) is 42.0 Å². The van der Waals surface area contributed by atoms with Crippen LogP contribution in [0.1, 0.15) is 5.56 Å². The maximum atomic E-state index is 5.72. The molecule has 0 bridgehead atoms. The van der Waals surface area contributed by atoms with Crippen molar-refractivity contribution in [1.82, 2.24) is 9.97 Å². The van der Waals surface area contributed by atoms with Gasteiger partial charge in [-0.15, -0.1) is 11.3 Å². The van der Waals surface area contributed by atoms with Crippen LogP contribution >= 0.6 is 11.3 Å². The zero-order valence-corrected chi connectivity index (χ0v) is 10.4. The van der Waals surface area contributed by atoms with Crippen molar-refractivity contribution in [2.45, 2.75) is 6.61 Å². The minimum atomic E-state index is 0.476. The van der Waals surface area contributed by atoms with E-state index in [2.05, 4.69) is 9.97 Å². The van der Waals surface area contributed by atoms with E-state index in [9.17, 15) is 0 Å². The minimum absolute atomic E-state index is 0.476. The van der Waals surface area contributed by atoms with Crippen LogP contribution in [0.2, 0.25) is 0 Å². The Kier molecular flexibility index (Phi) is 2.82. The molecule has 0 aliphatic heterocycles. The third-order valence-electron chi connectivity index (χ3n) is 2.57. The van der Waals surface area contributed by atoms with Gasteiger partial charge in [-0.2, -0.15) is 0 Å². The van der Waals surface area contributed by atoms with E-state index in [4.69, 9.17) is 10.5 Å². The number of nitrogen functional groups attached to an aromatic ring is 1. The second-order valence-electron chi connectivity index (χ2n) is 3.84. The number of nitrogens with two attached hydrogens (primary N) is 1. The van der Waals surface area contributed by atoms with E-state index in [0.717, 1.165) is 21.5 Å². The number of nitrogens with zero attached hydrogens (tertiary/aromatic N) is 2. The monoisotopic (exact) mass is 257 g/mol. The third-order valence-corrected chi connectivity index (χ3v) is 3.46. The van der Waals surface area contributed by atoms with Gasteiger partial charge in [0.15, 0.2) is 0 Å². The fourth-order valence-electron chi connectivity index (χ4n) is 1.63. The average Bonchev–Trinajstić information content (AvgIpc) is 2.87. The summed E-state index contributed by atoms with van der Waals surface area (Å²) in [4.78, 5) is 8.34. The predicted octanol–water partition coefficient (Wildman–Crippen LogP) is 2.85. The zero-order chi connectivity index (χ0) is 12.4. The lowest BCUT2D eigenvalue weighted by Crippen LogP contribution is -1.98. The Balaban J connectivity index is 1.80. The molecule has 1 aromatic carbocycles. The molecular formula is C13H11N3OS. The number of rotatable bonds is 3. The van der Waals surface area contributed by atoms with Gasteiger partial charge in [0, 0.05) is 5.69 Å². The van der Waals surface area contributed by atoms with Gasteiger partial charge in [0.05, 0.1) is 5.52 Å². The molecule has 0 atom stereocenters. The van der Waals surface area contributed by atoms with Gasteiger partial charge in [0.2, 0.25) is 5.88 Å². The lowest BCUT2D eigenvalue weighted by atomic mass is 10.2. The smallest absolute Gasteiger partial charge is 0.235 e. The molecule has 0 radical (unpaired) electrons. The molecule has 5 heteroatoms. The van der Waals surface area contributed by atoms with E-state index >= 15 is 0 Å². The Morgan fingerprint density at radius 2 is 1.94 bits per heavy atom. The van der Waals surface area contributed by atoms with Crippen molar-refractivity contribution in [1.29, 1.82) is 0 Å². The SMILES string of the molecule is Nc1ccc(COc2ncnc3ccsc23)cc1. The van der Waals surface area contributed by atoms with Crippen LogP contribution < -0.4 is 10.5 Å². The molecule has 18 heavy (non-hydrogen) atoms. The highest BCUT2D eigenvalue weighted by molar-refractivity contribution is 7.17. The number of hydrogen-bond acceptors (Lipinski definition) is 5. The number of aromatic nitrogens is 2. The van der Waals surface area contributed by atoms with Crippen molar-refractivity contribution in [2.24, 2.45) is 0 Å². The van der Waals surface area contributed by atoms with E-state index in [1.54, 1.807) is 11.3 Å². The second kappa shape index (κ2) is 4.62. The topological polar surface area (TPSA) is 61.0 Å². The molecule has 0 fully saturated rings. The first-order valence-corrected chi connectivity index (χ1v) is 6.36. The molecule has 0 unspecified atom stereocenters. The Labute approximate surface area is 108 Å². The number of thiophene rings is 1. The summed E-state index contributed by atoms with van der Waals surface area (Å²) in [7, 11) is 0. The highest BCUT2D eigenvalue weighted by Crippen LogP contribution is 2.27. The fraction of sp³-hybridized carbons (Fsp3) is 0.0769. The van der Waals surface area contributed by atoms with Crippen molar-refractivity contribution in [3.05, 3.63) is 47.6 Å². The van der Waals surface area contributed by atoms with Crippen LogP contribution in [-0.2, 0) is 6.61 Å². The highest BCUT2D eigenvalue weighted by Gasteiger charge is 2.06. The molecule has 0 spiro atoms. The molecule has 0 aliphatic rings. The van der Waals surface area contributed by atoms with Crippen LogP contribution in [0.25, 0.3) is 10.2 Å². The maximum absolute atomic E-state index is 5.72.